The van der Waals surface area contributed by atoms with Crippen molar-refractivity contribution in [2.24, 2.45) is 0 Å². The Morgan fingerprint density at radius 2 is 1.96 bits per heavy atom. The van der Waals surface area contributed by atoms with Crippen LogP contribution in [0.2, 0.25) is 0 Å². The maximum absolute atomic E-state index is 13.8. The minimum Gasteiger partial charge on any atom is -0.248 e. The first-order valence-corrected chi connectivity index (χ1v) is 8.96. The lowest BCUT2D eigenvalue weighted by molar-refractivity contribution is 0.251. The van der Waals surface area contributed by atoms with E-state index in [9.17, 15) is 12.8 Å². The molecule has 0 saturated carbocycles. The number of aryl methyl sites for hydroxylation is 2. The third-order valence-electron chi connectivity index (χ3n) is 4.22. The summed E-state index contributed by atoms with van der Waals surface area (Å²) in [5.74, 6) is -0.358. The van der Waals surface area contributed by atoms with Crippen LogP contribution < -0.4 is 0 Å². The molecule has 3 rings (SSSR count). The van der Waals surface area contributed by atoms with Crippen LogP contribution in [0.3, 0.4) is 0 Å². The highest BCUT2D eigenvalue weighted by Crippen LogP contribution is 2.27. The summed E-state index contributed by atoms with van der Waals surface area (Å²) in [6, 6.07) is 2.77. The summed E-state index contributed by atoms with van der Waals surface area (Å²) in [5, 5.41) is 7.74. The maximum Gasteiger partial charge on any atom is 0.243 e. The first kappa shape index (κ1) is 16.1. The van der Waals surface area contributed by atoms with E-state index in [0.717, 1.165) is 12.8 Å². The average Bonchev–Trinajstić information content (AvgIpc) is 3.06. The fourth-order valence-corrected chi connectivity index (χ4v) is 4.66. The summed E-state index contributed by atoms with van der Waals surface area (Å²) >= 11 is 0. The van der Waals surface area contributed by atoms with Gasteiger partial charge in [-0.1, -0.05) is 5.21 Å². The van der Waals surface area contributed by atoms with Gasteiger partial charge in [0.05, 0.1) is 17.1 Å². The highest BCUT2D eigenvalue weighted by atomic mass is 32.2. The van der Waals surface area contributed by atoms with Crippen molar-refractivity contribution in [3.8, 4) is 0 Å². The smallest absolute Gasteiger partial charge is 0.243 e. The molecule has 0 N–H and O–H groups in total. The largest absolute Gasteiger partial charge is 0.248 e. The van der Waals surface area contributed by atoms with Crippen LogP contribution in [0.4, 0.5) is 4.39 Å². The maximum atomic E-state index is 13.8. The fourth-order valence-electron chi connectivity index (χ4n) is 2.97. The van der Waals surface area contributed by atoms with E-state index in [0.29, 0.717) is 24.2 Å². The van der Waals surface area contributed by atoms with Gasteiger partial charge < -0.3 is 0 Å². The van der Waals surface area contributed by atoms with Crippen LogP contribution in [0.5, 0.6) is 0 Å². The minimum atomic E-state index is -3.64. The number of sulfonamides is 1. The molecule has 6 nitrogen and oxygen atoms in total. The Balaban J connectivity index is 1.90. The highest BCUT2D eigenvalue weighted by Gasteiger charge is 2.31. The van der Waals surface area contributed by atoms with Crippen molar-refractivity contribution in [2.45, 2.75) is 37.6 Å². The molecule has 1 unspecified atom stereocenters. The van der Waals surface area contributed by atoms with Gasteiger partial charge in [-0.2, -0.15) is 4.31 Å². The first-order valence-electron chi connectivity index (χ1n) is 7.52. The molecule has 2 heterocycles. The van der Waals surface area contributed by atoms with Crippen LogP contribution in [-0.4, -0.2) is 40.8 Å². The topological polar surface area (TPSA) is 68.1 Å². The molecule has 0 bridgehead atoms. The fraction of sp³-hybridized carbons (Fsp3) is 0.467. The molecule has 8 heteroatoms. The van der Waals surface area contributed by atoms with Gasteiger partial charge in [0.25, 0.3) is 0 Å². The van der Waals surface area contributed by atoms with E-state index in [1.165, 1.54) is 16.4 Å². The second-order valence-corrected chi connectivity index (χ2v) is 7.85. The van der Waals surface area contributed by atoms with E-state index in [1.807, 2.05) is 0 Å². The molecule has 124 valence electrons. The van der Waals surface area contributed by atoms with Crippen molar-refractivity contribution in [1.29, 1.82) is 0 Å². The predicted molar refractivity (Wildman–Crippen MR) is 82.9 cm³/mol. The molecule has 1 aromatic carbocycles. The van der Waals surface area contributed by atoms with E-state index < -0.39 is 10.0 Å². The lowest BCUT2D eigenvalue weighted by Crippen LogP contribution is -2.40. The number of piperidine rings is 1. The zero-order chi connectivity index (χ0) is 16.6. The van der Waals surface area contributed by atoms with E-state index in [-0.39, 0.29) is 16.8 Å². The Hall–Kier alpha value is -1.80. The molecule has 1 aromatic heterocycles. The summed E-state index contributed by atoms with van der Waals surface area (Å²) in [5.41, 5.74) is 0.682. The Morgan fingerprint density at radius 1 is 1.26 bits per heavy atom. The van der Waals surface area contributed by atoms with Crippen molar-refractivity contribution < 1.29 is 12.8 Å². The zero-order valence-corrected chi connectivity index (χ0v) is 13.9. The molecule has 0 aliphatic carbocycles. The number of aromatic nitrogens is 3. The van der Waals surface area contributed by atoms with Crippen molar-refractivity contribution in [3.05, 3.63) is 41.5 Å². The van der Waals surface area contributed by atoms with Gasteiger partial charge in [-0.15, -0.1) is 5.10 Å². The van der Waals surface area contributed by atoms with Gasteiger partial charge in [-0.3, -0.25) is 0 Å². The quantitative estimate of drug-likeness (QED) is 0.859. The van der Waals surface area contributed by atoms with Crippen molar-refractivity contribution >= 4 is 10.0 Å². The third kappa shape index (κ3) is 3.00. The lowest BCUT2D eigenvalue weighted by atomic mass is 10.1. The Bertz CT molecular complexity index is 782. The molecule has 0 amide bonds. The summed E-state index contributed by atoms with van der Waals surface area (Å²) in [7, 11) is -3.64. The number of rotatable bonds is 3. The summed E-state index contributed by atoms with van der Waals surface area (Å²) in [6.07, 6.45) is 4.94. The van der Waals surface area contributed by atoms with Gasteiger partial charge in [0.2, 0.25) is 10.0 Å². The minimum absolute atomic E-state index is 0.0244. The third-order valence-corrected chi connectivity index (χ3v) is 6.06. The average molecular weight is 338 g/mol. The van der Waals surface area contributed by atoms with E-state index in [2.05, 4.69) is 10.3 Å². The van der Waals surface area contributed by atoms with E-state index >= 15 is 0 Å². The van der Waals surface area contributed by atoms with Crippen LogP contribution in [0, 0.1) is 19.7 Å². The van der Waals surface area contributed by atoms with Crippen molar-refractivity contribution in [1.82, 2.24) is 19.3 Å². The molecule has 0 spiro atoms. The van der Waals surface area contributed by atoms with E-state index in [4.69, 9.17) is 0 Å². The second-order valence-electron chi connectivity index (χ2n) is 5.91. The van der Waals surface area contributed by atoms with Crippen LogP contribution >= 0.6 is 0 Å². The lowest BCUT2D eigenvalue weighted by Gasteiger charge is -2.31. The Kier molecular flexibility index (Phi) is 4.20. The summed E-state index contributed by atoms with van der Waals surface area (Å²) in [4.78, 5) is 0.146. The van der Waals surface area contributed by atoms with Crippen LogP contribution in [0.15, 0.2) is 29.4 Å². The SMILES string of the molecule is Cc1cc(S(=O)(=O)N2CCCC(n3ccnn3)C2)cc(C)c1F. The number of hydrogen-bond acceptors (Lipinski definition) is 4. The molecule has 2 aromatic rings. The molecule has 1 aliphatic heterocycles. The van der Waals surface area contributed by atoms with Gasteiger partial charge >= 0.3 is 0 Å². The molecular weight excluding hydrogens is 319 g/mol. The van der Waals surface area contributed by atoms with Crippen LogP contribution in [0.1, 0.15) is 30.0 Å². The Labute approximate surface area is 135 Å². The molecule has 1 fully saturated rings. The van der Waals surface area contributed by atoms with Crippen molar-refractivity contribution in [3.63, 3.8) is 0 Å². The summed E-state index contributed by atoms with van der Waals surface area (Å²) < 4.78 is 42.7. The number of nitrogens with zero attached hydrogens (tertiary/aromatic N) is 4. The van der Waals surface area contributed by atoms with Gasteiger partial charge in [0.1, 0.15) is 5.82 Å². The molecule has 1 atom stereocenters. The molecular formula is C15H19FN4O2S. The molecule has 1 saturated heterocycles. The summed E-state index contributed by atoms with van der Waals surface area (Å²) in [6.45, 7) is 3.97. The normalized spacial score (nSPS) is 19.9. The van der Waals surface area contributed by atoms with Gasteiger partial charge in [-0.25, -0.2) is 17.5 Å². The van der Waals surface area contributed by atoms with Gasteiger partial charge in [0, 0.05) is 19.3 Å². The Morgan fingerprint density at radius 3 is 2.57 bits per heavy atom. The zero-order valence-electron chi connectivity index (χ0n) is 13.1. The standard InChI is InChI=1S/C15H19FN4O2S/c1-11-8-14(9-12(2)15(11)16)23(21,22)19-6-3-4-13(10-19)20-7-5-17-18-20/h5,7-9,13H,3-4,6,10H2,1-2H3. The van der Waals surface area contributed by atoms with Gasteiger partial charge in [0.15, 0.2) is 0 Å². The van der Waals surface area contributed by atoms with Crippen LogP contribution in [0.25, 0.3) is 0 Å². The number of halogens is 1. The number of hydrogen-bond donors (Lipinski definition) is 0. The van der Waals surface area contributed by atoms with E-state index in [1.54, 1.807) is 30.9 Å². The second kappa shape index (κ2) is 6.01. The predicted octanol–water partition coefficient (Wildman–Crippen LogP) is 2.06. The van der Waals surface area contributed by atoms with Gasteiger partial charge in [-0.05, 0) is 49.9 Å². The monoisotopic (exact) mass is 338 g/mol. The first-order chi connectivity index (χ1) is 10.9. The highest BCUT2D eigenvalue weighted by molar-refractivity contribution is 7.89. The van der Waals surface area contributed by atoms with Crippen LogP contribution in [-0.2, 0) is 10.0 Å². The van der Waals surface area contributed by atoms with Crippen molar-refractivity contribution in [2.75, 3.05) is 13.1 Å². The molecule has 23 heavy (non-hydrogen) atoms. The molecule has 0 radical (unpaired) electrons. The molecule has 1 aliphatic rings. The number of benzene rings is 1.